The molecular formula is C20H19F2N5O2S. The maximum atomic E-state index is 13.3. The first-order valence-corrected chi connectivity index (χ1v) is 10.3. The number of hydrogen-bond donors (Lipinski definition) is 2. The van der Waals surface area contributed by atoms with Crippen molar-refractivity contribution in [1.82, 2.24) is 19.8 Å². The number of hydrogen-bond acceptors (Lipinski definition) is 4. The highest BCUT2D eigenvalue weighted by molar-refractivity contribution is 7.99. The third kappa shape index (κ3) is 4.54. The van der Waals surface area contributed by atoms with Gasteiger partial charge in [-0.3, -0.25) is 4.79 Å². The molecule has 3 amide bonds. The van der Waals surface area contributed by atoms with E-state index in [4.69, 9.17) is 0 Å². The molecule has 1 aliphatic rings. The Balaban J connectivity index is 1.27. The van der Waals surface area contributed by atoms with Gasteiger partial charge in [0.25, 0.3) is 0 Å². The molecule has 2 heterocycles. The van der Waals surface area contributed by atoms with Crippen molar-refractivity contribution in [2.75, 3.05) is 37.2 Å². The molecule has 2 aromatic carbocycles. The van der Waals surface area contributed by atoms with Gasteiger partial charge in [-0.1, -0.05) is 30.0 Å². The first-order chi connectivity index (χ1) is 14.5. The minimum atomic E-state index is -0.962. The van der Waals surface area contributed by atoms with Crippen LogP contribution in [-0.4, -0.2) is 63.6 Å². The number of fused-ring (bicyclic) bond motifs is 1. The zero-order chi connectivity index (χ0) is 21.1. The molecule has 2 N–H and O–H groups in total. The van der Waals surface area contributed by atoms with E-state index in [1.54, 1.807) is 9.80 Å². The average Bonchev–Trinajstić information content (AvgIpc) is 3.14. The first-order valence-electron chi connectivity index (χ1n) is 9.36. The lowest BCUT2D eigenvalue weighted by Crippen LogP contribution is -2.52. The van der Waals surface area contributed by atoms with Gasteiger partial charge in [0.15, 0.2) is 16.8 Å². The smallest absolute Gasteiger partial charge is 0.321 e. The van der Waals surface area contributed by atoms with E-state index in [0.717, 1.165) is 17.8 Å². The van der Waals surface area contributed by atoms with Gasteiger partial charge in [-0.05, 0) is 12.1 Å². The number of rotatable bonds is 4. The molecule has 0 saturated carbocycles. The number of nitrogens with zero attached hydrogens (tertiary/aromatic N) is 3. The number of carbonyl (C=O) groups excluding carboxylic acids is 2. The summed E-state index contributed by atoms with van der Waals surface area (Å²) in [7, 11) is 0. The minimum Gasteiger partial charge on any atom is -0.338 e. The van der Waals surface area contributed by atoms with Crippen LogP contribution in [0.4, 0.5) is 19.3 Å². The first kappa shape index (κ1) is 20.1. The van der Waals surface area contributed by atoms with Crippen molar-refractivity contribution in [2.45, 2.75) is 5.16 Å². The Morgan fingerprint density at radius 3 is 2.43 bits per heavy atom. The number of benzene rings is 2. The number of imidazole rings is 1. The van der Waals surface area contributed by atoms with Crippen LogP contribution in [0.15, 0.2) is 47.6 Å². The highest BCUT2D eigenvalue weighted by atomic mass is 32.2. The molecule has 30 heavy (non-hydrogen) atoms. The predicted octanol–water partition coefficient (Wildman–Crippen LogP) is 3.31. The van der Waals surface area contributed by atoms with Crippen LogP contribution in [0.2, 0.25) is 0 Å². The van der Waals surface area contributed by atoms with E-state index < -0.39 is 11.6 Å². The van der Waals surface area contributed by atoms with Crippen LogP contribution in [-0.2, 0) is 4.79 Å². The molecule has 3 aromatic rings. The zero-order valence-corrected chi connectivity index (χ0v) is 16.7. The van der Waals surface area contributed by atoms with Crippen LogP contribution in [0.1, 0.15) is 0 Å². The Hall–Kier alpha value is -3.14. The van der Waals surface area contributed by atoms with Crippen molar-refractivity contribution in [3.63, 3.8) is 0 Å². The lowest BCUT2D eigenvalue weighted by molar-refractivity contribution is -0.129. The number of para-hydroxylation sites is 1. The molecular weight excluding hydrogens is 412 g/mol. The monoisotopic (exact) mass is 431 g/mol. The lowest BCUT2D eigenvalue weighted by atomic mass is 10.3. The number of H-pyrrole nitrogens is 1. The van der Waals surface area contributed by atoms with Crippen molar-refractivity contribution in [3.8, 4) is 0 Å². The van der Waals surface area contributed by atoms with Gasteiger partial charge >= 0.3 is 6.03 Å². The van der Waals surface area contributed by atoms with Crippen molar-refractivity contribution < 1.29 is 18.4 Å². The van der Waals surface area contributed by atoms with Gasteiger partial charge in [-0.2, -0.15) is 0 Å². The second-order valence-electron chi connectivity index (χ2n) is 6.78. The highest BCUT2D eigenvalue weighted by Crippen LogP contribution is 2.22. The van der Waals surface area contributed by atoms with E-state index in [1.807, 2.05) is 30.3 Å². The van der Waals surface area contributed by atoms with Crippen molar-refractivity contribution in [2.24, 2.45) is 0 Å². The molecule has 156 valence electrons. The molecule has 0 unspecified atom stereocenters. The van der Waals surface area contributed by atoms with E-state index >= 15 is 0 Å². The van der Waals surface area contributed by atoms with E-state index in [2.05, 4.69) is 15.3 Å². The fourth-order valence-electron chi connectivity index (χ4n) is 3.15. The lowest BCUT2D eigenvalue weighted by Gasteiger charge is -2.34. The molecule has 10 heteroatoms. The Morgan fingerprint density at radius 2 is 1.70 bits per heavy atom. The summed E-state index contributed by atoms with van der Waals surface area (Å²) in [4.78, 5) is 35.2. The second-order valence-corrected chi connectivity index (χ2v) is 7.74. The van der Waals surface area contributed by atoms with Gasteiger partial charge in [-0.25, -0.2) is 18.6 Å². The van der Waals surface area contributed by atoms with E-state index in [1.165, 1.54) is 11.8 Å². The van der Waals surface area contributed by atoms with Gasteiger partial charge in [-0.15, -0.1) is 0 Å². The SMILES string of the molecule is O=C(CSc1nc2cc(F)c(F)cc2[nH]1)N1CCN(C(=O)Nc2ccccc2)CC1. The predicted molar refractivity (Wildman–Crippen MR) is 110 cm³/mol. The Bertz CT molecular complexity index is 1030. The van der Waals surface area contributed by atoms with Gasteiger partial charge < -0.3 is 20.1 Å². The van der Waals surface area contributed by atoms with E-state index in [0.29, 0.717) is 42.4 Å². The normalized spacial score (nSPS) is 14.2. The van der Waals surface area contributed by atoms with Gasteiger partial charge in [0.1, 0.15) is 0 Å². The topological polar surface area (TPSA) is 81.3 Å². The molecule has 1 fully saturated rings. The summed E-state index contributed by atoms with van der Waals surface area (Å²) in [6, 6.07) is 11.1. The van der Waals surface area contributed by atoms with Gasteiger partial charge in [0.05, 0.1) is 16.8 Å². The quantitative estimate of drug-likeness (QED) is 0.621. The summed E-state index contributed by atoms with van der Waals surface area (Å²) in [5.74, 6) is -1.86. The third-order valence-corrected chi connectivity index (χ3v) is 5.64. The molecule has 0 radical (unpaired) electrons. The number of aromatic nitrogens is 2. The largest absolute Gasteiger partial charge is 0.338 e. The molecule has 7 nitrogen and oxygen atoms in total. The van der Waals surface area contributed by atoms with Crippen LogP contribution in [0.3, 0.4) is 0 Å². The Morgan fingerprint density at radius 1 is 1.03 bits per heavy atom. The highest BCUT2D eigenvalue weighted by Gasteiger charge is 2.24. The number of piperazine rings is 1. The molecule has 0 bridgehead atoms. The van der Waals surface area contributed by atoms with Gasteiger partial charge in [0.2, 0.25) is 5.91 Å². The van der Waals surface area contributed by atoms with Crippen molar-refractivity contribution >= 4 is 40.4 Å². The fourth-order valence-corrected chi connectivity index (χ4v) is 3.94. The molecule has 1 aromatic heterocycles. The average molecular weight is 431 g/mol. The van der Waals surface area contributed by atoms with Crippen LogP contribution in [0.25, 0.3) is 11.0 Å². The fraction of sp³-hybridized carbons (Fsp3) is 0.250. The molecule has 0 spiro atoms. The number of urea groups is 1. The molecule has 0 aliphatic carbocycles. The van der Waals surface area contributed by atoms with Crippen molar-refractivity contribution in [1.29, 1.82) is 0 Å². The summed E-state index contributed by atoms with van der Waals surface area (Å²) in [5.41, 5.74) is 1.41. The Labute approximate surface area is 175 Å². The summed E-state index contributed by atoms with van der Waals surface area (Å²) in [6.07, 6.45) is 0. The number of carbonyl (C=O) groups is 2. The maximum absolute atomic E-state index is 13.3. The van der Waals surface area contributed by atoms with Crippen LogP contribution >= 0.6 is 11.8 Å². The number of nitrogens with one attached hydrogen (secondary N) is 2. The molecule has 0 atom stereocenters. The summed E-state index contributed by atoms with van der Waals surface area (Å²) >= 11 is 1.17. The third-order valence-electron chi connectivity index (χ3n) is 4.78. The molecule has 1 aliphatic heterocycles. The van der Waals surface area contributed by atoms with E-state index in [9.17, 15) is 18.4 Å². The maximum Gasteiger partial charge on any atom is 0.321 e. The number of aromatic amines is 1. The summed E-state index contributed by atoms with van der Waals surface area (Å²) < 4.78 is 26.6. The van der Waals surface area contributed by atoms with Crippen LogP contribution in [0, 0.1) is 11.6 Å². The number of anilines is 1. The molecule has 4 rings (SSSR count). The standard InChI is InChI=1S/C20H19F2N5O2S/c21-14-10-16-17(11-15(14)22)25-19(24-16)30-12-18(28)26-6-8-27(9-7-26)20(29)23-13-4-2-1-3-5-13/h1-5,10-11H,6-9,12H2,(H,23,29)(H,24,25). The van der Waals surface area contributed by atoms with Gasteiger partial charge in [0, 0.05) is 44.0 Å². The summed E-state index contributed by atoms with van der Waals surface area (Å²) in [6.45, 7) is 1.77. The number of halogens is 2. The summed E-state index contributed by atoms with van der Waals surface area (Å²) in [5, 5.41) is 3.26. The van der Waals surface area contributed by atoms with Crippen LogP contribution < -0.4 is 5.32 Å². The second kappa shape index (κ2) is 8.70. The Kier molecular flexibility index (Phi) is 5.84. The van der Waals surface area contributed by atoms with E-state index in [-0.39, 0.29) is 17.7 Å². The number of amides is 3. The van der Waals surface area contributed by atoms with Crippen molar-refractivity contribution in [3.05, 3.63) is 54.1 Å². The molecule has 1 saturated heterocycles. The number of thioether (sulfide) groups is 1. The minimum absolute atomic E-state index is 0.0825. The van der Waals surface area contributed by atoms with Crippen LogP contribution in [0.5, 0.6) is 0 Å². The zero-order valence-electron chi connectivity index (χ0n) is 15.9.